The predicted molar refractivity (Wildman–Crippen MR) is 93.7 cm³/mol. The molecule has 0 aliphatic carbocycles. The number of nitro groups is 1. The molecule has 25 heavy (non-hydrogen) atoms. The van der Waals surface area contributed by atoms with Gasteiger partial charge in [-0.15, -0.1) is 0 Å². The summed E-state index contributed by atoms with van der Waals surface area (Å²) < 4.78 is 5.33. The largest absolute Gasteiger partial charge is 0.484 e. The molecular weight excluding hydrogens is 322 g/mol. The first kappa shape index (κ1) is 16.4. The van der Waals surface area contributed by atoms with E-state index in [1.807, 2.05) is 25.1 Å². The molecule has 7 heteroatoms. The van der Waals surface area contributed by atoms with Crippen molar-refractivity contribution >= 4 is 28.2 Å². The number of hydrogen-bond acceptors (Lipinski definition) is 5. The fourth-order valence-corrected chi connectivity index (χ4v) is 2.44. The summed E-state index contributed by atoms with van der Waals surface area (Å²) in [6.45, 7) is 1.70. The van der Waals surface area contributed by atoms with Crippen LogP contribution in [0.1, 0.15) is 5.56 Å². The van der Waals surface area contributed by atoms with Crippen LogP contribution in [0.3, 0.4) is 0 Å². The highest BCUT2D eigenvalue weighted by molar-refractivity contribution is 6.02. The Labute approximate surface area is 143 Å². The molecule has 0 saturated carbocycles. The predicted octanol–water partition coefficient (Wildman–Crippen LogP) is 3.47. The number of fused-ring (bicyclic) bond motifs is 1. The van der Waals surface area contributed by atoms with E-state index in [0.29, 0.717) is 5.69 Å². The van der Waals surface area contributed by atoms with Crippen molar-refractivity contribution in [1.82, 2.24) is 4.98 Å². The van der Waals surface area contributed by atoms with Crippen LogP contribution in [-0.2, 0) is 4.79 Å². The molecule has 0 unspecified atom stereocenters. The van der Waals surface area contributed by atoms with E-state index in [2.05, 4.69) is 10.3 Å². The highest BCUT2D eigenvalue weighted by Gasteiger charge is 2.10. The van der Waals surface area contributed by atoms with Gasteiger partial charge in [0.1, 0.15) is 5.75 Å². The van der Waals surface area contributed by atoms with Crippen molar-refractivity contribution in [1.29, 1.82) is 0 Å². The summed E-state index contributed by atoms with van der Waals surface area (Å²) in [4.78, 5) is 26.7. The number of benzene rings is 2. The molecule has 0 saturated heterocycles. The fourth-order valence-electron chi connectivity index (χ4n) is 2.44. The van der Waals surface area contributed by atoms with E-state index in [9.17, 15) is 14.9 Å². The van der Waals surface area contributed by atoms with Crippen molar-refractivity contribution in [2.75, 3.05) is 11.9 Å². The van der Waals surface area contributed by atoms with Gasteiger partial charge >= 0.3 is 0 Å². The van der Waals surface area contributed by atoms with E-state index >= 15 is 0 Å². The number of nitro benzene ring substituents is 1. The lowest BCUT2D eigenvalue weighted by atomic mass is 10.1. The van der Waals surface area contributed by atoms with Crippen LogP contribution in [0.15, 0.2) is 54.7 Å². The van der Waals surface area contributed by atoms with Crippen LogP contribution in [0.4, 0.5) is 11.4 Å². The third-order valence-electron chi connectivity index (χ3n) is 3.64. The number of non-ortho nitro benzene ring substituents is 1. The Morgan fingerprint density at radius 3 is 2.88 bits per heavy atom. The topological polar surface area (TPSA) is 94.4 Å². The van der Waals surface area contributed by atoms with Gasteiger partial charge in [0.25, 0.3) is 11.6 Å². The van der Waals surface area contributed by atoms with Gasteiger partial charge < -0.3 is 10.1 Å². The van der Waals surface area contributed by atoms with Crippen molar-refractivity contribution in [3.63, 3.8) is 0 Å². The van der Waals surface area contributed by atoms with Crippen LogP contribution in [0.25, 0.3) is 10.9 Å². The van der Waals surface area contributed by atoms with Crippen LogP contribution < -0.4 is 10.1 Å². The number of carbonyl (C=O) groups excluding carboxylic acids is 1. The van der Waals surface area contributed by atoms with E-state index < -0.39 is 4.92 Å². The second-order valence-electron chi connectivity index (χ2n) is 5.42. The minimum absolute atomic E-state index is 0.0893. The average molecular weight is 337 g/mol. The lowest BCUT2D eigenvalue weighted by Gasteiger charge is -2.10. The summed E-state index contributed by atoms with van der Waals surface area (Å²) in [6.07, 6.45) is 1.70. The number of ether oxygens (including phenoxy) is 1. The molecule has 0 aliphatic rings. The van der Waals surface area contributed by atoms with Crippen molar-refractivity contribution in [3.8, 4) is 5.75 Å². The zero-order valence-corrected chi connectivity index (χ0v) is 13.4. The second-order valence-corrected chi connectivity index (χ2v) is 5.42. The summed E-state index contributed by atoms with van der Waals surface area (Å²) in [6, 6.07) is 13.1. The first-order valence-corrected chi connectivity index (χ1v) is 7.56. The highest BCUT2D eigenvalue weighted by atomic mass is 16.6. The molecule has 0 fully saturated rings. The van der Waals surface area contributed by atoms with Crippen molar-refractivity contribution < 1.29 is 14.5 Å². The minimum Gasteiger partial charge on any atom is -0.484 e. The molecule has 0 radical (unpaired) electrons. The summed E-state index contributed by atoms with van der Waals surface area (Å²) in [7, 11) is 0. The number of anilines is 1. The maximum absolute atomic E-state index is 12.1. The van der Waals surface area contributed by atoms with E-state index in [1.54, 1.807) is 18.3 Å². The molecule has 1 aromatic heterocycles. The van der Waals surface area contributed by atoms with Crippen LogP contribution in [0.2, 0.25) is 0 Å². The van der Waals surface area contributed by atoms with E-state index in [4.69, 9.17) is 4.74 Å². The van der Waals surface area contributed by atoms with Gasteiger partial charge in [-0.25, -0.2) is 0 Å². The lowest BCUT2D eigenvalue weighted by molar-refractivity contribution is -0.384. The number of rotatable bonds is 5. The number of nitrogens with one attached hydrogen (secondary N) is 1. The Hall–Kier alpha value is -3.48. The van der Waals surface area contributed by atoms with Crippen molar-refractivity contribution in [2.45, 2.75) is 6.92 Å². The number of pyridine rings is 1. The maximum atomic E-state index is 12.1. The van der Waals surface area contributed by atoms with Gasteiger partial charge in [-0.3, -0.25) is 19.9 Å². The zero-order valence-electron chi connectivity index (χ0n) is 13.4. The SMILES string of the molecule is Cc1ccc(NC(=O)COc2cccc([N+](=O)[O-])c2)c2cccnc12. The Kier molecular flexibility index (Phi) is 4.56. The molecule has 0 bridgehead atoms. The Balaban J connectivity index is 1.70. The monoisotopic (exact) mass is 337 g/mol. The molecule has 1 heterocycles. The van der Waals surface area contributed by atoms with Gasteiger partial charge in [0, 0.05) is 17.6 Å². The molecule has 3 aromatic rings. The Bertz CT molecular complexity index is 956. The third-order valence-corrected chi connectivity index (χ3v) is 3.64. The Morgan fingerprint density at radius 2 is 2.08 bits per heavy atom. The second kappa shape index (κ2) is 6.96. The fraction of sp³-hybridized carbons (Fsp3) is 0.111. The van der Waals surface area contributed by atoms with Crippen LogP contribution in [0, 0.1) is 17.0 Å². The number of hydrogen-bond donors (Lipinski definition) is 1. The molecule has 1 N–H and O–H groups in total. The van der Waals surface area contributed by atoms with Gasteiger partial charge in [0.05, 0.1) is 22.2 Å². The smallest absolute Gasteiger partial charge is 0.273 e. The van der Waals surface area contributed by atoms with Crippen molar-refractivity contribution in [2.24, 2.45) is 0 Å². The first-order valence-electron chi connectivity index (χ1n) is 7.56. The molecule has 3 rings (SSSR count). The van der Waals surface area contributed by atoms with Crippen LogP contribution >= 0.6 is 0 Å². The Morgan fingerprint density at radius 1 is 1.24 bits per heavy atom. The summed E-state index contributed by atoms with van der Waals surface area (Å²) in [5, 5.41) is 14.4. The number of aromatic nitrogens is 1. The average Bonchev–Trinajstić information content (AvgIpc) is 2.63. The molecule has 1 amide bonds. The highest BCUT2D eigenvalue weighted by Crippen LogP contribution is 2.24. The molecule has 126 valence electrons. The number of amides is 1. The minimum atomic E-state index is -0.516. The molecule has 2 aromatic carbocycles. The summed E-state index contributed by atoms with van der Waals surface area (Å²) in [5.74, 6) is -0.0970. The molecule has 0 spiro atoms. The third kappa shape index (κ3) is 3.72. The van der Waals surface area contributed by atoms with Crippen LogP contribution in [-0.4, -0.2) is 22.4 Å². The zero-order chi connectivity index (χ0) is 17.8. The normalized spacial score (nSPS) is 10.4. The van der Waals surface area contributed by atoms with E-state index in [1.165, 1.54) is 18.2 Å². The summed E-state index contributed by atoms with van der Waals surface area (Å²) >= 11 is 0. The quantitative estimate of drug-likeness (QED) is 0.568. The van der Waals surface area contributed by atoms with E-state index in [-0.39, 0.29) is 24.0 Å². The van der Waals surface area contributed by atoms with Crippen molar-refractivity contribution in [3.05, 3.63) is 70.4 Å². The standard InChI is InChI=1S/C18H15N3O4/c1-12-7-8-16(15-6-3-9-19-18(12)15)20-17(22)11-25-14-5-2-4-13(10-14)21(23)24/h2-10H,11H2,1H3,(H,20,22). The molecule has 7 nitrogen and oxygen atoms in total. The lowest BCUT2D eigenvalue weighted by Crippen LogP contribution is -2.20. The molecule has 0 aliphatic heterocycles. The first-order chi connectivity index (χ1) is 12.0. The van der Waals surface area contributed by atoms with Gasteiger partial charge in [-0.2, -0.15) is 0 Å². The number of nitrogens with zero attached hydrogens (tertiary/aromatic N) is 2. The maximum Gasteiger partial charge on any atom is 0.273 e. The molecule has 0 atom stereocenters. The van der Waals surface area contributed by atoms with Gasteiger partial charge in [0.2, 0.25) is 0 Å². The summed E-state index contributed by atoms with van der Waals surface area (Å²) in [5.41, 5.74) is 2.39. The van der Waals surface area contributed by atoms with E-state index in [0.717, 1.165) is 16.5 Å². The van der Waals surface area contributed by atoms with Gasteiger partial charge in [-0.05, 0) is 36.8 Å². The van der Waals surface area contributed by atoms with Gasteiger partial charge in [-0.1, -0.05) is 12.1 Å². The number of carbonyl (C=O) groups is 1. The van der Waals surface area contributed by atoms with Crippen LogP contribution in [0.5, 0.6) is 5.75 Å². The van der Waals surface area contributed by atoms with Gasteiger partial charge in [0.15, 0.2) is 6.61 Å². The number of aryl methyl sites for hydroxylation is 1. The molecular formula is C18H15N3O4.